The van der Waals surface area contributed by atoms with Crippen LogP contribution in [0.25, 0.3) is 34.1 Å². The number of hydrogen-bond acceptors (Lipinski definition) is 2. The standard InChI is InChI=1S/C36H39N5O/c1-10-39-32-27(6)20-23(2)21-30(32)41-33(34(39)37-31-25(4)15-13-16-26(31)5)29(22-42-41)36(7,8)40-19-18-38(9)35(40)28-17-12-11-14-24(28)3/h10-22H,1H2,2-9H3/q+2. The lowest BCUT2D eigenvalue weighted by atomic mass is 9.94. The molecule has 6 aromatic rings. The van der Waals surface area contributed by atoms with Gasteiger partial charge in [0.2, 0.25) is 5.49 Å². The van der Waals surface area contributed by atoms with Crippen LogP contribution in [-0.2, 0) is 12.6 Å². The van der Waals surface area contributed by atoms with Crippen molar-refractivity contribution in [2.24, 2.45) is 12.0 Å². The summed E-state index contributed by atoms with van der Waals surface area (Å²) in [6, 6.07) is 19.2. The van der Waals surface area contributed by atoms with E-state index in [9.17, 15) is 0 Å². The van der Waals surface area contributed by atoms with Gasteiger partial charge in [-0.2, -0.15) is 0 Å². The molecule has 0 fully saturated rings. The first-order valence-corrected chi connectivity index (χ1v) is 14.4. The summed E-state index contributed by atoms with van der Waals surface area (Å²) >= 11 is 0. The predicted molar refractivity (Wildman–Crippen MR) is 169 cm³/mol. The van der Waals surface area contributed by atoms with E-state index in [0.29, 0.717) is 0 Å². The highest BCUT2D eigenvalue weighted by Gasteiger charge is 2.41. The number of aryl methyl sites for hydroxylation is 6. The molecule has 0 saturated carbocycles. The van der Waals surface area contributed by atoms with Crippen LogP contribution in [0.2, 0.25) is 0 Å². The van der Waals surface area contributed by atoms with E-state index in [1.165, 1.54) is 16.7 Å². The molecular weight excluding hydrogens is 518 g/mol. The van der Waals surface area contributed by atoms with Gasteiger partial charge < -0.3 is 0 Å². The molecular formula is C36H39N5O+2. The van der Waals surface area contributed by atoms with Crippen molar-refractivity contribution in [3.05, 3.63) is 119 Å². The molecule has 6 heteroatoms. The Labute approximate surface area is 247 Å². The topological polar surface area (TPSA) is 43.3 Å². The second-order valence-electron chi connectivity index (χ2n) is 11.9. The second kappa shape index (κ2) is 9.98. The van der Waals surface area contributed by atoms with Crippen molar-refractivity contribution in [1.82, 2.24) is 9.13 Å². The van der Waals surface area contributed by atoms with E-state index in [1.807, 2.05) is 17.0 Å². The summed E-state index contributed by atoms with van der Waals surface area (Å²) in [6.07, 6.45) is 8.04. The van der Waals surface area contributed by atoms with Crippen LogP contribution in [-0.4, -0.2) is 9.13 Å². The monoisotopic (exact) mass is 557 g/mol. The molecule has 6 nitrogen and oxygen atoms in total. The minimum atomic E-state index is -0.506. The van der Waals surface area contributed by atoms with Crippen molar-refractivity contribution in [3.8, 4) is 11.4 Å². The molecule has 3 aromatic heterocycles. The minimum absolute atomic E-state index is 0.506. The summed E-state index contributed by atoms with van der Waals surface area (Å²) in [4.78, 5) is 5.39. The zero-order valence-corrected chi connectivity index (χ0v) is 25.9. The molecule has 0 spiro atoms. The van der Waals surface area contributed by atoms with Crippen LogP contribution in [0, 0.1) is 34.6 Å². The molecule has 0 radical (unpaired) electrons. The van der Waals surface area contributed by atoms with Gasteiger partial charge in [-0.25, -0.2) is 18.6 Å². The van der Waals surface area contributed by atoms with Gasteiger partial charge in [-0.1, -0.05) is 49.0 Å². The van der Waals surface area contributed by atoms with Gasteiger partial charge in [0.25, 0.3) is 11.3 Å². The molecule has 0 atom stereocenters. The molecule has 0 amide bonds. The summed E-state index contributed by atoms with van der Waals surface area (Å²) in [5, 5.41) is 0. The van der Waals surface area contributed by atoms with E-state index in [2.05, 4.69) is 143 Å². The number of rotatable bonds is 5. The van der Waals surface area contributed by atoms with Gasteiger partial charge in [-0.15, -0.1) is 0 Å². The van der Waals surface area contributed by atoms with E-state index in [1.54, 1.807) is 0 Å². The quantitative estimate of drug-likeness (QED) is 0.212. The van der Waals surface area contributed by atoms with E-state index in [-0.39, 0.29) is 0 Å². The Balaban J connectivity index is 1.78. The Bertz CT molecular complexity index is 2080. The smallest absolute Gasteiger partial charge is 0.290 e. The van der Waals surface area contributed by atoms with Gasteiger partial charge in [0.05, 0.1) is 18.3 Å². The Hall–Kier alpha value is -4.71. The molecule has 6 rings (SSSR count). The van der Waals surface area contributed by atoms with Crippen LogP contribution >= 0.6 is 0 Å². The second-order valence-corrected chi connectivity index (χ2v) is 11.9. The molecule has 0 aliphatic carbocycles. The molecule has 0 aliphatic heterocycles. The van der Waals surface area contributed by atoms with Gasteiger partial charge in [0.15, 0.2) is 6.26 Å². The molecule has 0 N–H and O–H groups in total. The van der Waals surface area contributed by atoms with E-state index < -0.39 is 5.54 Å². The van der Waals surface area contributed by atoms with Crippen LogP contribution in [0.5, 0.6) is 0 Å². The van der Waals surface area contributed by atoms with Crippen LogP contribution in [0.3, 0.4) is 0 Å². The highest BCUT2D eigenvalue weighted by molar-refractivity contribution is 5.80. The summed E-state index contributed by atoms with van der Waals surface area (Å²) in [5.41, 5.74) is 12.1. The van der Waals surface area contributed by atoms with Crippen LogP contribution in [0.15, 0.2) is 89.3 Å². The average molecular weight is 558 g/mol. The lowest BCUT2D eigenvalue weighted by molar-refractivity contribution is -0.694. The van der Waals surface area contributed by atoms with Crippen molar-refractivity contribution < 1.29 is 13.7 Å². The van der Waals surface area contributed by atoms with Crippen molar-refractivity contribution >= 4 is 28.4 Å². The van der Waals surface area contributed by atoms with Crippen LogP contribution in [0.1, 0.15) is 47.2 Å². The van der Waals surface area contributed by atoms with Gasteiger partial charge in [-0.05, 0) is 82.3 Å². The third-order valence-corrected chi connectivity index (χ3v) is 8.55. The van der Waals surface area contributed by atoms with Gasteiger partial charge in [0.1, 0.15) is 29.0 Å². The first-order valence-electron chi connectivity index (χ1n) is 14.4. The van der Waals surface area contributed by atoms with Crippen molar-refractivity contribution in [3.63, 3.8) is 0 Å². The van der Waals surface area contributed by atoms with Crippen molar-refractivity contribution in [2.45, 2.75) is 54.0 Å². The van der Waals surface area contributed by atoms with E-state index in [0.717, 1.165) is 55.8 Å². The largest absolute Gasteiger partial charge is 0.312 e. The number of para-hydroxylation sites is 1. The van der Waals surface area contributed by atoms with Crippen molar-refractivity contribution in [2.75, 3.05) is 0 Å². The highest BCUT2D eigenvalue weighted by atomic mass is 16.5. The number of hydrogen-bond donors (Lipinski definition) is 0. The fourth-order valence-corrected chi connectivity index (χ4v) is 6.35. The first-order chi connectivity index (χ1) is 20.0. The number of benzene rings is 3. The SMILES string of the molecule is C=Cn1c(=Nc2c(C)cccc2C)c2c(C(C)(C)n3cc[n+](C)c3-c3ccccc3C)co[n+]2c2cc(C)cc(C)c21. The highest BCUT2D eigenvalue weighted by Crippen LogP contribution is 2.33. The normalized spacial score (nSPS) is 12.5. The lowest BCUT2D eigenvalue weighted by Gasteiger charge is -2.21. The zero-order chi connectivity index (χ0) is 29.9. The fourth-order valence-electron chi connectivity index (χ4n) is 6.35. The van der Waals surface area contributed by atoms with Crippen LogP contribution in [0.4, 0.5) is 5.69 Å². The Morgan fingerprint density at radius 1 is 0.905 bits per heavy atom. The lowest BCUT2D eigenvalue weighted by Crippen LogP contribution is -2.38. The van der Waals surface area contributed by atoms with Gasteiger partial charge in [-0.3, -0.25) is 4.57 Å². The number of imidazole rings is 1. The Kier molecular flexibility index (Phi) is 6.53. The minimum Gasteiger partial charge on any atom is -0.290 e. The maximum atomic E-state index is 6.48. The maximum Gasteiger partial charge on any atom is 0.312 e. The zero-order valence-electron chi connectivity index (χ0n) is 25.9. The third-order valence-electron chi connectivity index (χ3n) is 8.55. The molecule has 0 unspecified atom stereocenters. The molecule has 42 heavy (non-hydrogen) atoms. The number of nitrogens with zero attached hydrogens (tertiary/aromatic N) is 5. The average Bonchev–Trinajstić information content (AvgIpc) is 3.56. The summed E-state index contributed by atoms with van der Waals surface area (Å²) < 4.78 is 15.1. The molecule has 3 heterocycles. The molecule has 212 valence electrons. The molecule has 3 aromatic carbocycles. The summed E-state index contributed by atoms with van der Waals surface area (Å²) in [7, 11) is 2.10. The number of aromatic nitrogens is 4. The van der Waals surface area contributed by atoms with Crippen LogP contribution < -0.4 is 14.6 Å². The predicted octanol–water partition coefficient (Wildman–Crippen LogP) is 6.92. The maximum absolute atomic E-state index is 6.48. The van der Waals surface area contributed by atoms with E-state index >= 15 is 0 Å². The third kappa shape index (κ3) is 4.13. The molecule has 0 saturated heterocycles. The van der Waals surface area contributed by atoms with Gasteiger partial charge >= 0.3 is 5.52 Å². The fraction of sp³-hybridized carbons (Fsp3) is 0.250. The van der Waals surface area contributed by atoms with E-state index in [4.69, 9.17) is 9.52 Å². The molecule has 0 aliphatic rings. The summed E-state index contributed by atoms with van der Waals surface area (Å²) in [6.45, 7) is 19.4. The number of fused-ring (bicyclic) bond motifs is 3. The summed E-state index contributed by atoms with van der Waals surface area (Å²) in [5.74, 6) is 1.12. The van der Waals surface area contributed by atoms with Crippen molar-refractivity contribution in [1.29, 1.82) is 0 Å². The van der Waals surface area contributed by atoms with Gasteiger partial charge in [0, 0.05) is 16.8 Å². The Morgan fingerprint density at radius 2 is 1.60 bits per heavy atom. The first kappa shape index (κ1) is 27.5. The Morgan fingerprint density at radius 3 is 2.29 bits per heavy atom. The molecule has 0 bridgehead atoms.